The summed E-state index contributed by atoms with van der Waals surface area (Å²) < 4.78 is 1.93. The first-order chi connectivity index (χ1) is 6.72. The average molecular weight is 189 g/mol. The van der Waals surface area contributed by atoms with Crippen LogP contribution in [0.4, 0.5) is 0 Å². The van der Waals surface area contributed by atoms with Gasteiger partial charge in [0.15, 0.2) is 0 Å². The number of aryl methyl sites for hydroxylation is 2. The predicted octanol–water partition coefficient (Wildman–Crippen LogP) is 1.60. The highest BCUT2D eigenvalue weighted by atomic mass is 15.3. The molecular formula is C11H15N3. The van der Waals surface area contributed by atoms with Crippen molar-refractivity contribution in [2.75, 3.05) is 7.05 Å². The zero-order valence-corrected chi connectivity index (χ0v) is 8.83. The number of nitrogens with one attached hydrogen (secondary N) is 1. The fourth-order valence-corrected chi connectivity index (χ4v) is 1.75. The lowest BCUT2D eigenvalue weighted by Gasteiger charge is -1.96. The zero-order chi connectivity index (χ0) is 10.1. The molecule has 0 amide bonds. The molecule has 1 N–H and O–H groups in total. The fraction of sp³-hybridized carbons (Fsp3) is 0.364. The van der Waals surface area contributed by atoms with Crippen molar-refractivity contribution in [3.8, 4) is 0 Å². The van der Waals surface area contributed by atoms with Crippen LogP contribution in [-0.4, -0.2) is 16.8 Å². The summed E-state index contributed by atoms with van der Waals surface area (Å²) in [6.07, 6.45) is 0. The highest BCUT2D eigenvalue weighted by Crippen LogP contribution is 2.19. The van der Waals surface area contributed by atoms with Gasteiger partial charge in [0.05, 0.1) is 11.2 Å². The van der Waals surface area contributed by atoms with Gasteiger partial charge in [-0.25, -0.2) is 0 Å². The first kappa shape index (κ1) is 9.21. The van der Waals surface area contributed by atoms with Crippen LogP contribution in [0.15, 0.2) is 18.2 Å². The quantitative estimate of drug-likeness (QED) is 0.777. The molecule has 0 aliphatic rings. The molecule has 0 saturated heterocycles. The van der Waals surface area contributed by atoms with Gasteiger partial charge in [0.25, 0.3) is 0 Å². The molecule has 0 fully saturated rings. The molecule has 0 bridgehead atoms. The fourth-order valence-electron chi connectivity index (χ4n) is 1.75. The standard InChI is InChI=1S/C11H15N3/c1-8-4-5-11-9(6-8)10(7-12-2)13-14(11)3/h4-6,12H,7H2,1-3H3. The molecule has 0 aliphatic carbocycles. The van der Waals surface area contributed by atoms with E-state index < -0.39 is 0 Å². The van der Waals surface area contributed by atoms with Gasteiger partial charge in [0.2, 0.25) is 0 Å². The molecule has 1 aromatic heterocycles. The van der Waals surface area contributed by atoms with E-state index in [1.165, 1.54) is 16.5 Å². The van der Waals surface area contributed by atoms with Crippen LogP contribution < -0.4 is 5.32 Å². The minimum atomic E-state index is 0.820. The van der Waals surface area contributed by atoms with Crippen molar-refractivity contribution < 1.29 is 0 Å². The van der Waals surface area contributed by atoms with Crippen molar-refractivity contribution in [1.29, 1.82) is 0 Å². The van der Waals surface area contributed by atoms with Crippen LogP contribution in [0.5, 0.6) is 0 Å². The lowest BCUT2D eigenvalue weighted by atomic mass is 10.1. The normalized spacial score (nSPS) is 11.1. The minimum absolute atomic E-state index is 0.820. The SMILES string of the molecule is CNCc1nn(C)c2ccc(C)cc12. The molecule has 0 atom stereocenters. The largest absolute Gasteiger partial charge is 0.314 e. The number of rotatable bonds is 2. The van der Waals surface area contributed by atoms with Crippen molar-refractivity contribution in [3.05, 3.63) is 29.5 Å². The summed E-state index contributed by atoms with van der Waals surface area (Å²) in [6.45, 7) is 2.93. The topological polar surface area (TPSA) is 29.9 Å². The molecule has 0 spiro atoms. The van der Waals surface area contributed by atoms with Gasteiger partial charge in [-0.3, -0.25) is 4.68 Å². The van der Waals surface area contributed by atoms with Gasteiger partial charge in [0.1, 0.15) is 0 Å². The van der Waals surface area contributed by atoms with Crippen molar-refractivity contribution in [2.24, 2.45) is 7.05 Å². The summed E-state index contributed by atoms with van der Waals surface area (Å²) in [7, 11) is 3.92. The van der Waals surface area contributed by atoms with Gasteiger partial charge in [-0.1, -0.05) is 11.6 Å². The van der Waals surface area contributed by atoms with E-state index in [4.69, 9.17) is 0 Å². The maximum Gasteiger partial charge on any atom is 0.0841 e. The van der Waals surface area contributed by atoms with Gasteiger partial charge in [-0.15, -0.1) is 0 Å². The van der Waals surface area contributed by atoms with Gasteiger partial charge in [0, 0.05) is 19.0 Å². The number of benzene rings is 1. The molecule has 2 rings (SSSR count). The molecule has 2 aromatic rings. The van der Waals surface area contributed by atoms with Crippen molar-refractivity contribution in [3.63, 3.8) is 0 Å². The zero-order valence-electron chi connectivity index (χ0n) is 8.83. The third kappa shape index (κ3) is 1.40. The van der Waals surface area contributed by atoms with Crippen LogP contribution in [-0.2, 0) is 13.6 Å². The smallest absolute Gasteiger partial charge is 0.0841 e. The van der Waals surface area contributed by atoms with Gasteiger partial charge >= 0.3 is 0 Å². The van der Waals surface area contributed by atoms with E-state index in [9.17, 15) is 0 Å². The molecule has 1 heterocycles. The van der Waals surface area contributed by atoms with E-state index in [2.05, 4.69) is 35.5 Å². The first-order valence-electron chi connectivity index (χ1n) is 4.79. The Balaban J connectivity index is 2.66. The van der Waals surface area contributed by atoms with Crippen molar-refractivity contribution in [2.45, 2.75) is 13.5 Å². The van der Waals surface area contributed by atoms with E-state index in [0.717, 1.165) is 12.2 Å². The Morgan fingerprint density at radius 2 is 2.21 bits per heavy atom. The molecule has 0 aliphatic heterocycles. The molecule has 3 nitrogen and oxygen atoms in total. The molecule has 74 valence electrons. The second-order valence-corrected chi connectivity index (χ2v) is 3.62. The molecule has 0 saturated carbocycles. The lowest BCUT2D eigenvalue weighted by molar-refractivity contribution is 0.726. The molecule has 3 heteroatoms. The van der Waals surface area contributed by atoms with E-state index >= 15 is 0 Å². The summed E-state index contributed by atoms with van der Waals surface area (Å²) in [5, 5.41) is 8.86. The maximum absolute atomic E-state index is 4.47. The Kier molecular flexibility index (Phi) is 2.25. The Labute approximate surface area is 83.7 Å². The van der Waals surface area contributed by atoms with E-state index in [-0.39, 0.29) is 0 Å². The van der Waals surface area contributed by atoms with Crippen LogP contribution in [0.25, 0.3) is 10.9 Å². The van der Waals surface area contributed by atoms with E-state index in [1.54, 1.807) is 0 Å². The Bertz CT molecular complexity index is 457. The monoisotopic (exact) mass is 189 g/mol. The number of fused-ring (bicyclic) bond motifs is 1. The summed E-state index contributed by atoms with van der Waals surface area (Å²) in [5.74, 6) is 0. The van der Waals surface area contributed by atoms with Crippen LogP contribution in [0, 0.1) is 6.92 Å². The Morgan fingerprint density at radius 1 is 1.43 bits per heavy atom. The molecule has 0 radical (unpaired) electrons. The third-order valence-corrected chi connectivity index (χ3v) is 2.43. The van der Waals surface area contributed by atoms with E-state index in [1.807, 2.05) is 18.8 Å². The third-order valence-electron chi connectivity index (χ3n) is 2.43. The maximum atomic E-state index is 4.47. The number of hydrogen-bond acceptors (Lipinski definition) is 2. The number of hydrogen-bond donors (Lipinski definition) is 1. The lowest BCUT2D eigenvalue weighted by Crippen LogP contribution is -2.06. The molecular weight excluding hydrogens is 174 g/mol. The van der Waals surface area contributed by atoms with Crippen LogP contribution >= 0.6 is 0 Å². The van der Waals surface area contributed by atoms with Gasteiger partial charge in [-0.2, -0.15) is 5.10 Å². The average Bonchev–Trinajstić information content (AvgIpc) is 2.44. The molecule has 14 heavy (non-hydrogen) atoms. The van der Waals surface area contributed by atoms with Gasteiger partial charge in [-0.05, 0) is 26.1 Å². The summed E-state index contributed by atoms with van der Waals surface area (Å²) >= 11 is 0. The summed E-state index contributed by atoms with van der Waals surface area (Å²) in [6, 6.07) is 6.43. The van der Waals surface area contributed by atoms with Crippen LogP contribution in [0.3, 0.4) is 0 Å². The number of aromatic nitrogens is 2. The second-order valence-electron chi connectivity index (χ2n) is 3.62. The van der Waals surface area contributed by atoms with Crippen LogP contribution in [0.2, 0.25) is 0 Å². The highest BCUT2D eigenvalue weighted by Gasteiger charge is 2.06. The summed E-state index contributed by atoms with van der Waals surface area (Å²) in [4.78, 5) is 0. The van der Waals surface area contributed by atoms with Crippen LogP contribution in [0.1, 0.15) is 11.3 Å². The van der Waals surface area contributed by atoms with Gasteiger partial charge < -0.3 is 5.32 Å². The first-order valence-corrected chi connectivity index (χ1v) is 4.79. The Hall–Kier alpha value is -1.35. The number of nitrogens with zero attached hydrogens (tertiary/aromatic N) is 2. The molecule has 1 aromatic carbocycles. The van der Waals surface area contributed by atoms with Crippen molar-refractivity contribution in [1.82, 2.24) is 15.1 Å². The van der Waals surface area contributed by atoms with Crippen molar-refractivity contribution >= 4 is 10.9 Å². The Morgan fingerprint density at radius 3 is 2.93 bits per heavy atom. The minimum Gasteiger partial charge on any atom is -0.314 e. The van der Waals surface area contributed by atoms with E-state index in [0.29, 0.717) is 0 Å². The predicted molar refractivity (Wildman–Crippen MR) is 58.2 cm³/mol. The molecule has 0 unspecified atom stereocenters. The summed E-state index contributed by atoms with van der Waals surface area (Å²) in [5.41, 5.74) is 3.59. The highest BCUT2D eigenvalue weighted by molar-refractivity contribution is 5.82. The second kappa shape index (κ2) is 3.42.